The van der Waals surface area contributed by atoms with E-state index >= 15 is 0 Å². The highest BCUT2D eigenvalue weighted by Gasteiger charge is 2.12. The first-order valence-electron chi connectivity index (χ1n) is 5.15. The number of aromatic nitrogens is 2. The van der Waals surface area contributed by atoms with Gasteiger partial charge in [0.2, 0.25) is 0 Å². The average Bonchev–Trinajstić information content (AvgIpc) is 2.85. The largest absolute Gasteiger partial charge is 0.497 e. The van der Waals surface area contributed by atoms with Crippen LogP contribution in [0.2, 0.25) is 0 Å². The van der Waals surface area contributed by atoms with Gasteiger partial charge in [-0.05, 0) is 24.7 Å². The van der Waals surface area contributed by atoms with E-state index in [2.05, 4.69) is 15.5 Å². The van der Waals surface area contributed by atoms with Crippen molar-refractivity contribution in [3.05, 3.63) is 47.8 Å². The summed E-state index contributed by atoms with van der Waals surface area (Å²) in [4.78, 5) is 0. The van der Waals surface area contributed by atoms with Crippen molar-refractivity contribution in [1.29, 1.82) is 0 Å². The van der Waals surface area contributed by atoms with E-state index in [0.717, 1.165) is 11.3 Å². The molecule has 0 aliphatic carbocycles. The molecular weight excluding hydrogens is 202 g/mol. The molecule has 0 fully saturated rings. The van der Waals surface area contributed by atoms with Crippen LogP contribution < -0.4 is 10.1 Å². The lowest BCUT2D eigenvalue weighted by atomic mass is 10.0. The van der Waals surface area contributed by atoms with Crippen LogP contribution in [0.4, 0.5) is 0 Å². The first-order valence-corrected chi connectivity index (χ1v) is 5.15. The minimum absolute atomic E-state index is 0.157. The van der Waals surface area contributed by atoms with Gasteiger partial charge in [-0.1, -0.05) is 12.1 Å². The van der Waals surface area contributed by atoms with Crippen molar-refractivity contribution in [2.24, 2.45) is 0 Å². The van der Waals surface area contributed by atoms with Gasteiger partial charge >= 0.3 is 0 Å². The summed E-state index contributed by atoms with van der Waals surface area (Å²) in [6.45, 7) is 0. The lowest BCUT2D eigenvalue weighted by Gasteiger charge is -2.15. The van der Waals surface area contributed by atoms with Gasteiger partial charge < -0.3 is 10.1 Å². The molecule has 0 amide bonds. The molecule has 4 heteroatoms. The fourth-order valence-electron chi connectivity index (χ4n) is 1.74. The number of nitrogens with zero attached hydrogens (tertiary/aromatic N) is 1. The molecule has 0 radical (unpaired) electrons. The van der Waals surface area contributed by atoms with Crippen LogP contribution in [-0.2, 0) is 0 Å². The lowest BCUT2D eigenvalue weighted by Crippen LogP contribution is -2.16. The topological polar surface area (TPSA) is 49.9 Å². The zero-order valence-electron chi connectivity index (χ0n) is 9.40. The van der Waals surface area contributed by atoms with Crippen LogP contribution in [0.25, 0.3) is 0 Å². The first-order chi connectivity index (χ1) is 7.85. The number of methoxy groups -OCH3 is 1. The summed E-state index contributed by atoms with van der Waals surface area (Å²) in [5, 5.41) is 10.0. The van der Waals surface area contributed by atoms with Gasteiger partial charge in [-0.3, -0.25) is 5.10 Å². The molecule has 2 aromatic rings. The first kappa shape index (κ1) is 10.7. The molecule has 1 aromatic heterocycles. The Balaban J connectivity index is 2.27. The Kier molecular flexibility index (Phi) is 3.22. The Morgan fingerprint density at radius 3 is 2.50 bits per heavy atom. The van der Waals surface area contributed by atoms with Crippen molar-refractivity contribution in [2.45, 2.75) is 6.04 Å². The highest BCUT2D eigenvalue weighted by atomic mass is 16.5. The molecule has 1 heterocycles. The number of hydrogen-bond acceptors (Lipinski definition) is 3. The Morgan fingerprint density at radius 1 is 1.25 bits per heavy atom. The maximum atomic E-state index is 5.13. The molecule has 4 nitrogen and oxygen atoms in total. The molecule has 84 valence electrons. The molecule has 0 aliphatic rings. The van der Waals surface area contributed by atoms with Crippen LogP contribution in [-0.4, -0.2) is 24.4 Å². The normalized spacial score (nSPS) is 12.4. The number of aromatic amines is 1. The monoisotopic (exact) mass is 217 g/mol. The summed E-state index contributed by atoms with van der Waals surface area (Å²) in [7, 11) is 3.60. The van der Waals surface area contributed by atoms with Crippen molar-refractivity contribution in [2.75, 3.05) is 14.2 Å². The summed E-state index contributed by atoms with van der Waals surface area (Å²) >= 11 is 0. The van der Waals surface area contributed by atoms with Crippen molar-refractivity contribution >= 4 is 0 Å². The van der Waals surface area contributed by atoms with Gasteiger partial charge in [0.05, 0.1) is 19.3 Å². The molecule has 2 N–H and O–H groups in total. The van der Waals surface area contributed by atoms with Crippen molar-refractivity contribution in [3.8, 4) is 5.75 Å². The molecular formula is C12H15N3O. The van der Waals surface area contributed by atoms with Gasteiger partial charge in [0, 0.05) is 11.8 Å². The van der Waals surface area contributed by atoms with E-state index in [4.69, 9.17) is 4.74 Å². The van der Waals surface area contributed by atoms with Crippen molar-refractivity contribution in [1.82, 2.24) is 15.5 Å². The number of nitrogens with one attached hydrogen (secondary N) is 2. The van der Waals surface area contributed by atoms with Gasteiger partial charge in [-0.15, -0.1) is 0 Å². The van der Waals surface area contributed by atoms with Crippen LogP contribution in [0.15, 0.2) is 36.7 Å². The van der Waals surface area contributed by atoms with Gasteiger partial charge in [-0.2, -0.15) is 5.10 Å². The smallest absolute Gasteiger partial charge is 0.118 e. The molecule has 0 saturated heterocycles. The summed E-state index contributed by atoms with van der Waals surface area (Å²) in [5.74, 6) is 0.866. The Hall–Kier alpha value is -1.81. The van der Waals surface area contributed by atoms with Crippen LogP contribution >= 0.6 is 0 Å². The second-order valence-corrected chi connectivity index (χ2v) is 3.53. The summed E-state index contributed by atoms with van der Waals surface area (Å²) in [6, 6.07) is 8.17. The van der Waals surface area contributed by atoms with Crippen LogP contribution in [0.3, 0.4) is 0 Å². The second kappa shape index (κ2) is 4.81. The molecule has 0 saturated carbocycles. The lowest BCUT2D eigenvalue weighted by molar-refractivity contribution is 0.414. The molecule has 1 aromatic carbocycles. The van der Waals surface area contributed by atoms with Crippen LogP contribution in [0.5, 0.6) is 5.75 Å². The Labute approximate surface area is 94.6 Å². The number of hydrogen-bond donors (Lipinski definition) is 2. The summed E-state index contributed by atoms with van der Waals surface area (Å²) < 4.78 is 5.13. The molecule has 1 atom stereocenters. The number of ether oxygens (including phenoxy) is 1. The summed E-state index contributed by atoms with van der Waals surface area (Å²) in [5.41, 5.74) is 2.30. The SMILES string of the molecule is CNC(c1ccc(OC)cc1)c1cn[nH]c1. The third-order valence-corrected chi connectivity index (χ3v) is 2.59. The third kappa shape index (κ3) is 2.06. The van der Waals surface area contributed by atoms with E-state index in [0.29, 0.717) is 0 Å². The number of benzene rings is 1. The second-order valence-electron chi connectivity index (χ2n) is 3.53. The minimum Gasteiger partial charge on any atom is -0.497 e. The van der Waals surface area contributed by atoms with Gasteiger partial charge in [0.1, 0.15) is 5.75 Å². The molecule has 2 rings (SSSR count). The van der Waals surface area contributed by atoms with Crippen molar-refractivity contribution in [3.63, 3.8) is 0 Å². The quantitative estimate of drug-likeness (QED) is 0.820. The maximum Gasteiger partial charge on any atom is 0.118 e. The maximum absolute atomic E-state index is 5.13. The van der Waals surface area contributed by atoms with E-state index in [1.54, 1.807) is 7.11 Å². The standard InChI is InChI=1S/C12H15N3O/c1-13-12(10-7-14-15-8-10)9-3-5-11(16-2)6-4-9/h3-8,12-13H,1-2H3,(H,14,15). The Morgan fingerprint density at radius 2 is 2.00 bits per heavy atom. The van der Waals surface area contributed by atoms with Crippen LogP contribution in [0, 0.1) is 0 Å². The minimum atomic E-state index is 0.157. The number of rotatable bonds is 4. The van der Waals surface area contributed by atoms with E-state index in [1.807, 2.05) is 43.7 Å². The highest BCUT2D eigenvalue weighted by molar-refractivity contribution is 5.33. The number of H-pyrrole nitrogens is 1. The average molecular weight is 217 g/mol. The summed E-state index contributed by atoms with van der Waals surface area (Å²) in [6.07, 6.45) is 3.72. The predicted molar refractivity (Wildman–Crippen MR) is 62.5 cm³/mol. The van der Waals surface area contributed by atoms with Crippen LogP contribution in [0.1, 0.15) is 17.2 Å². The molecule has 0 aliphatic heterocycles. The van der Waals surface area contributed by atoms with E-state index in [1.165, 1.54) is 5.56 Å². The highest BCUT2D eigenvalue weighted by Crippen LogP contribution is 2.22. The fraction of sp³-hybridized carbons (Fsp3) is 0.250. The molecule has 16 heavy (non-hydrogen) atoms. The van der Waals surface area contributed by atoms with E-state index in [9.17, 15) is 0 Å². The molecule has 1 unspecified atom stereocenters. The van der Waals surface area contributed by atoms with Crippen molar-refractivity contribution < 1.29 is 4.74 Å². The zero-order chi connectivity index (χ0) is 11.4. The third-order valence-electron chi connectivity index (χ3n) is 2.59. The Bertz CT molecular complexity index is 422. The van der Waals surface area contributed by atoms with E-state index < -0.39 is 0 Å². The van der Waals surface area contributed by atoms with E-state index in [-0.39, 0.29) is 6.04 Å². The zero-order valence-corrected chi connectivity index (χ0v) is 9.40. The molecule has 0 bridgehead atoms. The van der Waals surface area contributed by atoms with Gasteiger partial charge in [-0.25, -0.2) is 0 Å². The van der Waals surface area contributed by atoms with Gasteiger partial charge in [0.25, 0.3) is 0 Å². The fourth-order valence-corrected chi connectivity index (χ4v) is 1.74. The predicted octanol–water partition coefficient (Wildman–Crippen LogP) is 1.73. The van der Waals surface area contributed by atoms with Gasteiger partial charge in [0.15, 0.2) is 0 Å². The molecule has 0 spiro atoms.